The molecule has 0 unspecified atom stereocenters. The van der Waals surface area contributed by atoms with Crippen LogP contribution in [0.4, 0.5) is 5.69 Å². The Morgan fingerprint density at radius 1 is 0.750 bits per heavy atom. The molecule has 0 aliphatic carbocycles. The molecule has 1 saturated heterocycles. The fourth-order valence-electron chi connectivity index (χ4n) is 4.39. The predicted molar refractivity (Wildman–Crippen MR) is 158 cm³/mol. The highest BCUT2D eigenvalue weighted by Gasteiger charge is 2.22. The number of nitrogens with zero attached hydrogens (tertiary/aromatic N) is 6. The zero-order chi connectivity index (χ0) is 27.7. The Bertz CT molecular complexity index is 1290. The van der Waals surface area contributed by atoms with Crippen molar-refractivity contribution >= 4 is 39.5 Å². The molecule has 6 heterocycles. The summed E-state index contributed by atoms with van der Waals surface area (Å²) >= 11 is 6.59. The number of hydrogen-bond acceptors (Lipinski definition) is 11. The van der Waals surface area contributed by atoms with E-state index in [1.54, 1.807) is 28.2 Å². The Morgan fingerprint density at radius 3 is 1.80 bits per heavy atom. The summed E-state index contributed by atoms with van der Waals surface area (Å²) in [7, 11) is 0. The number of fused-ring (bicyclic) bond motifs is 1. The number of thiazole rings is 1. The van der Waals surface area contributed by atoms with Gasteiger partial charge in [0.2, 0.25) is 12.8 Å². The SMILES string of the molecule is C1COCCO1.S=c1[nH]c2ccccc2s1.c1cc2c3c(c1)CCCN3CCC2.c1ncncn1.c1nnco1. The third-order valence-corrected chi connectivity index (χ3v) is 7.24. The second-order valence-corrected chi connectivity index (χ2v) is 10.4. The van der Waals surface area contributed by atoms with Crippen molar-refractivity contribution in [1.82, 2.24) is 30.1 Å². The zero-order valence-electron chi connectivity index (χ0n) is 22.2. The van der Waals surface area contributed by atoms with Gasteiger partial charge in [-0.3, -0.25) is 0 Å². The maximum atomic E-state index is 4.98. The number of aromatic nitrogens is 6. The molecule has 0 atom stereocenters. The fourth-order valence-corrected chi connectivity index (χ4v) is 5.50. The number of hydrogen-bond donors (Lipinski definition) is 1. The summed E-state index contributed by atoms with van der Waals surface area (Å²) in [4.78, 5) is 16.4. The van der Waals surface area contributed by atoms with E-state index < -0.39 is 0 Å². The Morgan fingerprint density at radius 2 is 1.32 bits per heavy atom. The molecule has 0 spiro atoms. The van der Waals surface area contributed by atoms with E-state index in [1.165, 1.54) is 75.2 Å². The fraction of sp³-hybridized carbons (Fsp3) is 0.357. The molecule has 210 valence electrons. The van der Waals surface area contributed by atoms with Crippen molar-refractivity contribution in [2.45, 2.75) is 25.7 Å². The van der Waals surface area contributed by atoms with Gasteiger partial charge in [0.1, 0.15) is 19.0 Å². The number of anilines is 1. The second kappa shape index (κ2) is 17.2. The van der Waals surface area contributed by atoms with Crippen LogP contribution >= 0.6 is 23.6 Å². The smallest absolute Gasteiger partial charge is 0.203 e. The molecule has 8 rings (SSSR count). The number of ether oxygens (including phenoxy) is 2. The van der Waals surface area contributed by atoms with Crippen molar-refractivity contribution in [3.8, 4) is 0 Å². The van der Waals surface area contributed by atoms with Crippen molar-refractivity contribution < 1.29 is 13.9 Å². The Hall–Kier alpha value is -3.58. The van der Waals surface area contributed by atoms with Crippen molar-refractivity contribution in [2.75, 3.05) is 44.4 Å². The first-order valence-electron chi connectivity index (χ1n) is 13.1. The van der Waals surface area contributed by atoms with Crippen LogP contribution in [0.2, 0.25) is 0 Å². The summed E-state index contributed by atoms with van der Waals surface area (Å²) in [6.07, 6.45) is 12.1. The zero-order valence-corrected chi connectivity index (χ0v) is 23.9. The summed E-state index contributed by atoms with van der Waals surface area (Å²) < 4.78 is 16.3. The number of benzene rings is 2. The van der Waals surface area contributed by atoms with E-state index in [0.717, 1.165) is 35.9 Å². The van der Waals surface area contributed by atoms with Gasteiger partial charge in [0.05, 0.1) is 36.6 Å². The lowest BCUT2D eigenvalue weighted by atomic mass is 9.92. The van der Waals surface area contributed by atoms with E-state index >= 15 is 0 Å². The lowest BCUT2D eigenvalue weighted by molar-refractivity contribution is -0.0334. The molecule has 1 N–H and O–H groups in total. The first-order chi connectivity index (χ1) is 19.8. The highest BCUT2D eigenvalue weighted by molar-refractivity contribution is 7.73. The highest BCUT2D eigenvalue weighted by Crippen LogP contribution is 2.34. The van der Waals surface area contributed by atoms with E-state index in [4.69, 9.17) is 21.7 Å². The van der Waals surface area contributed by atoms with Crippen molar-refractivity contribution in [1.29, 1.82) is 0 Å². The molecule has 5 aromatic rings. The molecule has 0 radical (unpaired) electrons. The molecule has 0 saturated carbocycles. The van der Waals surface area contributed by atoms with Crippen LogP contribution < -0.4 is 4.90 Å². The lowest BCUT2D eigenvalue weighted by Gasteiger charge is -2.36. The van der Waals surface area contributed by atoms with Crippen molar-refractivity contribution in [3.63, 3.8) is 0 Å². The summed E-state index contributed by atoms with van der Waals surface area (Å²) in [5, 5.41) is 6.61. The minimum Gasteiger partial charge on any atom is -0.431 e. The minimum absolute atomic E-state index is 0.778. The Labute approximate surface area is 242 Å². The first kappa shape index (κ1) is 29.4. The normalized spacial score (nSPS) is 14.8. The van der Waals surface area contributed by atoms with Gasteiger partial charge in [0, 0.05) is 18.8 Å². The molecule has 3 aromatic heterocycles. The molecule has 3 aliphatic rings. The topological polar surface area (TPSA) is 115 Å². The van der Waals surface area contributed by atoms with Gasteiger partial charge in [0.25, 0.3) is 0 Å². The lowest BCUT2D eigenvalue weighted by Crippen LogP contribution is -2.34. The molecule has 2 aromatic carbocycles. The largest absolute Gasteiger partial charge is 0.431 e. The summed E-state index contributed by atoms with van der Waals surface area (Å²) in [5.74, 6) is 0. The first-order valence-corrected chi connectivity index (χ1v) is 14.4. The van der Waals surface area contributed by atoms with Gasteiger partial charge < -0.3 is 23.8 Å². The summed E-state index contributed by atoms with van der Waals surface area (Å²) in [5.41, 5.74) is 5.89. The third kappa shape index (κ3) is 9.87. The summed E-state index contributed by atoms with van der Waals surface area (Å²) in [6.45, 7) is 5.67. The number of nitrogens with one attached hydrogen (secondary N) is 1. The monoisotopic (exact) mass is 579 g/mol. The van der Waals surface area contributed by atoms with Crippen LogP contribution in [0.5, 0.6) is 0 Å². The van der Waals surface area contributed by atoms with Crippen LogP contribution in [0, 0.1) is 3.95 Å². The van der Waals surface area contributed by atoms with Crippen molar-refractivity contribution in [3.05, 3.63) is 89.3 Å². The standard InChI is InChI=1S/C12H15N.C7H5NS2.C4H8O2.C3H3N3.C2H2N2O/c1-4-10-6-2-8-13-9-3-7-11(5-1)12(10)13;9-7-8-5-3-1-2-4-6(5)10-7;1-2-6-4-3-5-1;1-4-2-6-3-5-1;1-3-4-2-5-1/h1,4-5H,2-3,6-9H2;1-4H,(H,8,9);1-4H2;1-3H;1-2H. The average molecular weight is 580 g/mol. The van der Waals surface area contributed by atoms with Crippen LogP contribution in [0.3, 0.4) is 0 Å². The molecule has 0 bridgehead atoms. The van der Waals surface area contributed by atoms with Gasteiger partial charge in [0.15, 0.2) is 3.95 Å². The van der Waals surface area contributed by atoms with Gasteiger partial charge in [-0.1, -0.05) is 30.3 Å². The van der Waals surface area contributed by atoms with Gasteiger partial charge in [-0.05, 0) is 61.2 Å². The second-order valence-electron chi connectivity index (χ2n) is 8.73. The third-order valence-electron chi connectivity index (χ3n) is 6.02. The molecule has 12 heteroatoms. The molecular weight excluding hydrogens is 546 g/mol. The van der Waals surface area contributed by atoms with E-state index in [1.807, 2.05) is 18.2 Å². The Balaban J connectivity index is 0.000000122. The van der Waals surface area contributed by atoms with E-state index in [-0.39, 0.29) is 0 Å². The number of rotatable bonds is 0. The van der Waals surface area contributed by atoms with E-state index in [0.29, 0.717) is 0 Å². The van der Waals surface area contributed by atoms with Crippen LogP contribution in [0.15, 0.2) is 78.7 Å². The highest BCUT2D eigenvalue weighted by atomic mass is 32.1. The molecule has 40 heavy (non-hydrogen) atoms. The average Bonchev–Trinajstić information content (AvgIpc) is 3.74. The number of H-pyrrole nitrogens is 1. The van der Waals surface area contributed by atoms with Gasteiger partial charge >= 0.3 is 0 Å². The molecule has 0 amide bonds. The van der Waals surface area contributed by atoms with Gasteiger partial charge in [-0.25, -0.2) is 15.0 Å². The van der Waals surface area contributed by atoms with Gasteiger partial charge in [-0.2, -0.15) is 0 Å². The molecular formula is C28H33N7O3S2. The van der Waals surface area contributed by atoms with Gasteiger partial charge in [-0.15, -0.1) is 21.5 Å². The van der Waals surface area contributed by atoms with E-state index in [9.17, 15) is 0 Å². The Kier molecular flexibility index (Phi) is 12.6. The van der Waals surface area contributed by atoms with Crippen LogP contribution in [0.1, 0.15) is 24.0 Å². The minimum atomic E-state index is 0.778. The molecule has 1 fully saturated rings. The number of aromatic amines is 1. The number of para-hydroxylation sites is 2. The van der Waals surface area contributed by atoms with Crippen molar-refractivity contribution in [2.24, 2.45) is 0 Å². The van der Waals surface area contributed by atoms with Crippen LogP contribution in [0.25, 0.3) is 10.2 Å². The quantitative estimate of drug-likeness (QED) is 0.242. The van der Waals surface area contributed by atoms with Crippen LogP contribution in [-0.4, -0.2) is 69.7 Å². The van der Waals surface area contributed by atoms with Crippen LogP contribution in [-0.2, 0) is 22.3 Å². The predicted octanol–water partition coefficient (Wildman–Crippen LogP) is 5.32. The van der Waals surface area contributed by atoms with E-state index in [2.05, 4.69) is 63.7 Å². The molecule has 3 aliphatic heterocycles. The number of aryl methyl sites for hydroxylation is 2. The maximum absolute atomic E-state index is 4.98. The maximum Gasteiger partial charge on any atom is 0.203 e. The summed E-state index contributed by atoms with van der Waals surface area (Å²) in [6, 6.07) is 14.9. The molecule has 10 nitrogen and oxygen atoms in total.